The van der Waals surface area contributed by atoms with Gasteiger partial charge in [0.15, 0.2) is 18.0 Å². The number of alkyl halides is 2. The van der Waals surface area contributed by atoms with Crippen molar-refractivity contribution in [3.05, 3.63) is 29.7 Å². The number of hydrogen-bond donors (Lipinski definition) is 2. The molecule has 0 aromatic carbocycles. The molecule has 1 aromatic heterocycles. The van der Waals surface area contributed by atoms with Crippen molar-refractivity contribution >= 4 is 5.82 Å². The smallest absolute Gasteiger partial charge is 0.351 e. The highest BCUT2D eigenvalue weighted by Crippen LogP contribution is 2.46. The van der Waals surface area contributed by atoms with Gasteiger partial charge in [0.1, 0.15) is 5.82 Å². The standard InChI is InChI=1S/C10H12F2N3O3/c1-9(11)6(16)10(2,12)18-7(9)15-4-3-5(13)14-8(15)17/h3-4,6-7,16H,2H2,1H3,(H2,13,14,17)/t6-,7+,9+,10+/m0/s1. The van der Waals surface area contributed by atoms with Crippen molar-refractivity contribution in [2.24, 2.45) is 0 Å². The molecule has 0 saturated carbocycles. The molecule has 0 aliphatic carbocycles. The molecular formula is C10H12F2N3O3. The number of nitrogens with zero attached hydrogens (tertiary/aromatic N) is 2. The quantitative estimate of drug-likeness (QED) is 0.738. The maximum absolute atomic E-state index is 14.3. The second-order valence-electron chi connectivity index (χ2n) is 4.35. The average molecular weight is 260 g/mol. The number of ether oxygens (including phenoxy) is 1. The Morgan fingerprint density at radius 2 is 2.28 bits per heavy atom. The van der Waals surface area contributed by atoms with E-state index in [1.165, 1.54) is 6.07 Å². The van der Waals surface area contributed by atoms with Gasteiger partial charge >= 0.3 is 5.69 Å². The molecule has 1 aromatic rings. The molecular weight excluding hydrogens is 248 g/mol. The molecule has 1 radical (unpaired) electrons. The fraction of sp³-hybridized carbons (Fsp3) is 0.500. The van der Waals surface area contributed by atoms with Crippen molar-refractivity contribution in [2.75, 3.05) is 5.73 Å². The second kappa shape index (κ2) is 3.72. The topological polar surface area (TPSA) is 90.4 Å². The van der Waals surface area contributed by atoms with Gasteiger partial charge in [-0.1, -0.05) is 0 Å². The molecule has 4 atom stereocenters. The van der Waals surface area contributed by atoms with E-state index >= 15 is 0 Å². The maximum atomic E-state index is 14.3. The summed E-state index contributed by atoms with van der Waals surface area (Å²) >= 11 is 0. The first-order valence-electron chi connectivity index (χ1n) is 5.10. The first-order chi connectivity index (χ1) is 8.16. The number of nitrogen functional groups attached to an aromatic ring is 1. The van der Waals surface area contributed by atoms with Crippen LogP contribution in [0.25, 0.3) is 0 Å². The van der Waals surface area contributed by atoms with Crippen LogP contribution >= 0.6 is 0 Å². The van der Waals surface area contributed by atoms with Crippen LogP contribution in [0.3, 0.4) is 0 Å². The molecule has 99 valence electrons. The lowest BCUT2D eigenvalue weighted by molar-refractivity contribution is -0.155. The molecule has 2 heterocycles. The Bertz CT molecular complexity index is 529. The number of aromatic nitrogens is 2. The van der Waals surface area contributed by atoms with Gasteiger partial charge in [0.2, 0.25) is 5.85 Å². The lowest BCUT2D eigenvalue weighted by Gasteiger charge is -2.24. The fourth-order valence-electron chi connectivity index (χ4n) is 1.85. The van der Waals surface area contributed by atoms with E-state index in [1.807, 2.05) is 0 Å². The number of nitrogens with two attached hydrogens (primary N) is 1. The Balaban J connectivity index is 2.49. The molecule has 1 aliphatic heterocycles. The molecule has 2 rings (SSSR count). The summed E-state index contributed by atoms with van der Waals surface area (Å²) in [5.74, 6) is -2.90. The third kappa shape index (κ3) is 1.77. The largest absolute Gasteiger partial charge is 0.384 e. The second-order valence-corrected chi connectivity index (χ2v) is 4.35. The van der Waals surface area contributed by atoms with Crippen molar-refractivity contribution in [2.45, 2.75) is 30.8 Å². The first kappa shape index (κ1) is 12.9. The van der Waals surface area contributed by atoms with Crippen molar-refractivity contribution < 1.29 is 18.6 Å². The van der Waals surface area contributed by atoms with Crippen LogP contribution in [0.5, 0.6) is 0 Å². The molecule has 3 N–H and O–H groups in total. The molecule has 6 nitrogen and oxygen atoms in total. The summed E-state index contributed by atoms with van der Waals surface area (Å²) in [6, 6.07) is 1.23. The number of hydrogen-bond acceptors (Lipinski definition) is 5. The van der Waals surface area contributed by atoms with Crippen molar-refractivity contribution in [3.63, 3.8) is 0 Å². The summed E-state index contributed by atoms with van der Waals surface area (Å²) in [7, 11) is 0. The minimum Gasteiger partial charge on any atom is -0.384 e. The Morgan fingerprint density at radius 3 is 2.72 bits per heavy atom. The highest BCUT2D eigenvalue weighted by atomic mass is 19.2. The van der Waals surface area contributed by atoms with Crippen LogP contribution in [-0.4, -0.2) is 32.3 Å². The van der Waals surface area contributed by atoms with Gasteiger partial charge in [0.05, 0.1) is 0 Å². The van der Waals surface area contributed by atoms with E-state index in [9.17, 15) is 18.7 Å². The number of anilines is 1. The van der Waals surface area contributed by atoms with E-state index in [4.69, 9.17) is 5.73 Å². The molecule has 1 fully saturated rings. The van der Waals surface area contributed by atoms with Crippen LogP contribution in [0.4, 0.5) is 14.6 Å². The summed E-state index contributed by atoms with van der Waals surface area (Å²) in [6.07, 6.45) is -2.68. The fourth-order valence-corrected chi connectivity index (χ4v) is 1.85. The Labute approximate surface area is 101 Å². The lowest BCUT2D eigenvalue weighted by Crippen LogP contribution is -2.44. The highest BCUT2D eigenvalue weighted by molar-refractivity contribution is 5.24. The zero-order valence-electron chi connectivity index (χ0n) is 9.51. The molecule has 1 saturated heterocycles. The summed E-state index contributed by atoms with van der Waals surface area (Å²) in [4.78, 5) is 14.9. The number of aliphatic hydroxyl groups excluding tert-OH is 1. The normalized spacial score (nSPS) is 40.1. The third-order valence-corrected chi connectivity index (χ3v) is 2.84. The average Bonchev–Trinajstić information content (AvgIpc) is 2.39. The lowest BCUT2D eigenvalue weighted by atomic mass is 9.98. The van der Waals surface area contributed by atoms with Gasteiger partial charge in [-0.25, -0.2) is 13.6 Å². The van der Waals surface area contributed by atoms with E-state index in [1.54, 1.807) is 0 Å². The molecule has 1 aliphatic rings. The van der Waals surface area contributed by atoms with E-state index < -0.39 is 29.5 Å². The molecule has 0 spiro atoms. The van der Waals surface area contributed by atoms with Crippen molar-refractivity contribution in [3.8, 4) is 0 Å². The van der Waals surface area contributed by atoms with Gasteiger partial charge in [-0.2, -0.15) is 4.98 Å². The minimum absolute atomic E-state index is 0.0588. The van der Waals surface area contributed by atoms with Gasteiger partial charge < -0.3 is 15.6 Å². The van der Waals surface area contributed by atoms with Crippen LogP contribution in [-0.2, 0) is 4.74 Å². The zero-order valence-corrected chi connectivity index (χ0v) is 9.51. The number of halogens is 2. The summed E-state index contributed by atoms with van der Waals surface area (Å²) in [6.45, 7) is 3.84. The van der Waals surface area contributed by atoms with Crippen molar-refractivity contribution in [1.29, 1.82) is 0 Å². The maximum Gasteiger partial charge on any atom is 0.351 e. The van der Waals surface area contributed by atoms with Gasteiger partial charge in [-0.15, -0.1) is 0 Å². The predicted molar refractivity (Wildman–Crippen MR) is 57.7 cm³/mol. The zero-order chi connectivity index (χ0) is 13.7. The molecule has 18 heavy (non-hydrogen) atoms. The monoisotopic (exact) mass is 260 g/mol. The van der Waals surface area contributed by atoms with Crippen LogP contribution < -0.4 is 11.4 Å². The van der Waals surface area contributed by atoms with E-state index in [2.05, 4.69) is 16.6 Å². The predicted octanol–water partition coefficient (Wildman–Crippen LogP) is -0.0567. The summed E-state index contributed by atoms with van der Waals surface area (Å²) in [5, 5.41) is 9.46. The van der Waals surface area contributed by atoms with Gasteiger partial charge in [0, 0.05) is 13.1 Å². The van der Waals surface area contributed by atoms with Crippen LogP contribution in [0.2, 0.25) is 0 Å². The molecule has 0 bridgehead atoms. The van der Waals surface area contributed by atoms with Gasteiger partial charge in [-0.05, 0) is 13.0 Å². The molecule has 0 amide bonds. The number of aliphatic hydroxyl groups is 1. The summed E-state index contributed by atoms with van der Waals surface area (Å²) < 4.78 is 33.3. The summed E-state index contributed by atoms with van der Waals surface area (Å²) in [5.41, 5.74) is 1.84. The van der Waals surface area contributed by atoms with Gasteiger partial charge in [0.25, 0.3) is 0 Å². The Morgan fingerprint density at radius 1 is 1.67 bits per heavy atom. The number of rotatable bonds is 1. The SMILES string of the molecule is [CH2][C@@]1(F)O[C@@H](n2ccc(N)nc2=O)[C@](C)(F)[C@@H]1O. The van der Waals surface area contributed by atoms with E-state index in [0.29, 0.717) is 4.57 Å². The van der Waals surface area contributed by atoms with Crippen LogP contribution in [0, 0.1) is 6.92 Å². The van der Waals surface area contributed by atoms with Crippen LogP contribution in [0.15, 0.2) is 17.1 Å². The molecule has 8 heteroatoms. The van der Waals surface area contributed by atoms with Crippen LogP contribution in [0.1, 0.15) is 13.2 Å². The third-order valence-electron chi connectivity index (χ3n) is 2.84. The van der Waals surface area contributed by atoms with E-state index in [0.717, 1.165) is 13.1 Å². The molecule has 0 unspecified atom stereocenters. The Hall–Kier alpha value is -1.54. The van der Waals surface area contributed by atoms with Crippen molar-refractivity contribution in [1.82, 2.24) is 9.55 Å². The van der Waals surface area contributed by atoms with E-state index in [-0.39, 0.29) is 5.82 Å². The van der Waals surface area contributed by atoms with Gasteiger partial charge in [-0.3, -0.25) is 4.57 Å². The highest BCUT2D eigenvalue weighted by Gasteiger charge is 2.62. The Kier molecular flexibility index (Phi) is 2.67. The minimum atomic E-state index is -2.84. The first-order valence-corrected chi connectivity index (χ1v) is 5.10.